The lowest BCUT2D eigenvalue weighted by molar-refractivity contribution is 0.0525. The Hall–Kier alpha value is -3.34. The molecule has 0 radical (unpaired) electrons. The van der Waals surface area contributed by atoms with Gasteiger partial charge in [0.05, 0.1) is 19.3 Å². The number of hydrogen-bond donors (Lipinski definition) is 0. The van der Waals surface area contributed by atoms with Crippen molar-refractivity contribution in [3.8, 4) is 16.9 Å². The molecule has 1 heterocycles. The Balaban J connectivity index is 2.09. The lowest BCUT2D eigenvalue weighted by Gasteiger charge is -2.06. The van der Waals surface area contributed by atoms with Gasteiger partial charge in [0.15, 0.2) is 0 Å². The number of nitrogens with zero attached hydrogens (tertiary/aromatic N) is 1. The largest absolute Gasteiger partial charge is 0.497 e. The molecule has 0 fully saturated rings. The van der Waals surface area contributed by atoms with E-state index < -0.39 is 5.97 Å². The van der Waals surface area contributed by atoms with Crippen LogP contribution in [0.15, 0.2) is 57.9 Å². The van der Waals surface area contributed by atoms with E-state index in [0.29, 0.717) is 22.8 Å². The van der Waals surface area contributed by atoms with Crippen molar-refractivity contribution in [3.05, 3.63) is 71.0 Å². The maximum absolute atomic E-state index is 12.5. The third-order valence-electron chi connectivity index (χ3n) is 4.33. The quantitative estimate of drug-likeness (QED) is 0.420. The Morgan fingerprint density at radius 1 is 1.07 bits per heavy atom. The first kappa shape index (κ1) is 19.4. The van der Waals surface area contributed by atoms with Crippen molar-refractivity contribution < 1.29 is 18.7 Å². The summed E-state index contributed by atoms with van der Waals surface area (Å²) in [6, 6.07) is 15.4. The summed E-state index contributed by atoms with van der Waals surface area (Å²) >= 11 is 0. The van der Waals surface area contributed by atoms with Crippen molar-refractivity contribution in [2.75, 3.05) is 13.7 Å². The van der Waals surface area contributed by atoms with Crippen LogP contribution < -0.4 is 4.74 Å². The van der Waals surface area contributed by atoms with Crippen LogP contribution in [-0.4, -0.2) is 25.9 Å². The standard InChI is InChI=1S/C23H23NO4/c1-5-27-23(25)20-16(3)28-22(24-14-17-8-6-15(2)7-9-17)21(20)18-10-12-19(26-4)13-11-18/h6-14H,5H2,1-4H3/b24-14+. The maximum Gasteiger partial charge on any atom is 0.342 e. The fourth-order valence-electron chi connectivity index (χ4n) is 2.88. The van der Waals surface area contributed by atoms with Gasteiger partial charge in [-0.3, -0.25) is 0 Å². The van der Waals surface area contributed by atoms with Crippen LogP contribution in [0.5, 0.6) is 5.75 Å². The van der Waals surface area contributed by atoms with E-state index in [4.69, 9.17) is 13.9 Å². The molecular formula is C23H23NO4. The van der Waals surface area contributed by atoms with E-state index in [1.165, 1.54) is 5.56 Å². The minimum Gasteiger partial charge on any atom is -0.497 e. The molecule has 3 rings (SSSR count). The van der Waals surface area contributed by atoms with E-state index in [1.54, 1.807) is 27.2 Å². The molecule has 0 unspecified atom stereocenters. The van der Waals surface area contributed by atoms with E-state index in [-0.39, 0.29) is 6.61 Å². The molecule has 0 bridgehead atoms. The zero-order valence-corrected chi connectivity index (χ0v) is 16.5. The molecule has 0 saturated carbocycles. The fourth-order valence-corrected chi connectivity index (χ4v) is 2.88. The maximum atomic E-state index is 12.5. The predicted molar refractivity (Wildman–Crippen MR) is 110 cm³/mol. The van der Waals surface area contributed by atoms with Crippen LogP contribution in [0.4, 0.5) is 5.88 Å². The number of aryl methyl sites for hydroxylation is 2. The zero-order chi connectivity index (χ0) is 20.1. The van der Waals surface area contributed by atoms with E-state index in [1.807, 2.05) is 55.5 Å². The summed E-state index contributed by atoms with van der Waals surface area (Å²) in [5.74, 6) is 1.14. The summed E-state index contributed by atoms with van der Waals surface area (Å²) in [6.45, 7) is 5.83. The molecule has 0 aliphatic rings. The highest BCUT2D eigenvalue weighted by Gasteiger charge is 2.25. The van der Waals surface area contributed by atoms with Crippen molar-refractivity contribution >= 4 is 18.1 Å². The molecular weight excluding hydrogens is 354 g/mol. The first-order valence-electron chi connectivity index (χ1n) is 9.09. The molecule has 0 aliphatic carbocycles. The second-order valence-corrected chi connectivity index (χ2v) is 6.33. The Kier molecular flexibility index (Phi) is 5.94. The molecule has 28 heavy (non-hydrogen) atoms. The minimum absolute atomic E-state index is 0.285. The zero-order valence-electron chi connectivity index (χ0n) is 16.5. The smallest absolute Gasteiger partial charge is 0.342 e. The molecule has 3 aromatic rings. The topological polar surface area (TPSA) is 61.0 Å². The van der Waals surface area contributed by atoms with Crippen molar-refractivity contribution in [1.82, 2.24) is 0 Å². The lowest BCUT2D eigenvalue weighted by Crippen LogP contribution is -2.06. The molecule has 144 valence electrons. The average molecular weight is 377 g/mol. The van der Waals surface area contributed by atoms with Crippen LogP contribution in [0, 0.1) is 13.8 Å². The normalized spacial score (nSPS) is 11.0. The first-order valence-corrected chi connectivity index (χ1v) is 9.09. The third kappa shape index (κ3) is 4.14. The highest BCUT2D eigenvalue weighted by Crippen LogP contribution is 2.39. The van der Waals surface area contributed by atoms with Crippen molar-refractivity contribution in [1.29, 1.82) is 0 Å². The third-order valence-corrected chi connectivity index (χ3v) is 4.33. The average Bonchev–Trinajstić information content (AvgIpc) is 3.04. The van der Waals surface area contributed by atoms with Gasteiger partial charge < -0.3 is 13.9 Å². The van der Waals surface area contributed by atoms with Crippen LogP contribution in [0.1, 0.15) is 34.2 Å². The van der Waals surface area contributed by atoms with Gasteiger partial charge in [0.1, 0.15) is 17.1 Å². The fraction of sp³-hybridized carbons (Fsp3) is 0.217. The number of rotatable bonds is 6. The van der Waals surface area contributed by atoms with Crippen LogP contribution in [0.2, 0.25) is 0 Å². The van der Waals surface area contributed by atoms with E-state index in [9.17, 15) is 4.79 Å². The minimum atomic E-state index is -0.425. The van der Waals surface area contributed by atoms with Gasteiger partial charge in [-0.1, -0.05) is 42.0 Å². The summed E-state index contributed by atoms with van der Waals surface area (Å²) in [5, 5.41) is 0. The molecule has 0 atom stereocenters. The van der Waals surface area contributed by atoms with Crippen LogP contribution in [0.25, 0.3) is 11.1 Å². The number of carbonyl (C=O) groups excluding carboxylic acids is 1. The van der Waals surface area contributed by atoms with Gasteiger partial charge in [-0.05, 0) is 44.0 Å². The molecule has 0 saturated heterocycles. The Bertz CT molecular complexity index is 983. The summed E-state index contributed by atoms with van der Waals surface area (Å²) in [6.07, 6.45) is 1.72. The monoisotopic (exact) mass is 377 g/mol. The van der Waals surface area contributed by atoms with E-state index >= 15 is 0 Å². The summed E-state index contributed by atoms with van der Waals surface area (Å²) in [7, 11) is 1.61. The number of carbonyl (C=O) groups is 1. The molecule has 2 aromatic carbocycles. The van der Waals surface area contributed by atoms with Gasteiger partial charge in [-0.2, -0.15) is 0 Å². The van der Waals surface area contributed by atoms with Gasteiger partial charge in [-0.15, -0.1) is 0 Å². The van der Waals surface area contributed by atoms with Crippen molar-refractivity contribution in [2.45, 2.75) is 20.8 Å². The van der Waals surface area contributed by atoms with Gasteiger partial charge >= 0.3 is 5.97 Å². The summed E-state index contributed by atoms with van der Waals surface area (Å²) in [5.41, 5.74) is 3.93. The van der Waals surface area contributed by atoms with E-state index in [2.05, 4.69) is 4.99 Å². The first-order chi connectivity index (χ1) is 13.5. The number of aliphatic imine (C=N–C) groups is 1. The molecule has 0 N–H and O–H groups in total. The number of ether oxygens (including phenoxy) is 2. The Morgan fingerprint density at radius 2 is 1.75 bits per heavy atom. The number of furan rings is 1. The highest BCUT2D eigenvalue weighted by atomic mass is 16.5. The molecule has 1 aromatic heterocycles. The van der Waals surface area contributed by atoms with Crippen LogP contribution in [-0.2, 0) is 4.74 Å². The SMILES string of the molecule is CCOC(=O)c1c(C)oc(/N=C/c2ccc(C)cc2)c1-c1ccc(OC)cc1. The van der Waals surface area contributed by atoms with Gasteiger partial charge in [0, 0.05) is 6.21 Å². The van der Waals surface area contributed by atoms with Gasteiger partial charge in [0.2, 0.25) is 5.88 Å². The van der Waals surface area contributed by atoms with Gasteiger partial charge in [-0.25, -0.2) is 9.79 Å². The van der Waals surface area contributed by atoms with Crippen molar-refractivity contribution in [3.63, 3.8) is 0 Å². The Morgan fingerprint density at radius 3 is 2.36 bits per heavy atom. The Labute approximate surface area is 164 Å². The number of hydrogen-bond acceptors (Lipinski definition) is 5. The summed E-state index contributed by atoms with van der Waals surface area (Å²) in [4.78, 5) is 17.1. The molecule has 5 heteroatoms. The van der Waals surface area contributed by atoms with Gasteiger partial charge in [0.25, 0.3) is 0 Å². The number of benzene rings is 2. The van der Waals surface area contributed by atoms with Crippen molar-refractivity contribution in [2.24, 2.45) is 4.99 Å². The molecule has 0 aliphatic heterocycles. The second kappa shape index (κ2) is 8.57. The molecule has 5 nitrogen and oxygen atoms in total. The molecule has 0 spiro atoms. The lowest BCUT2D eigenvalue weighted by atomic mass is 10.0. The summed E-state index contributed by atoms with van der Waals surface area (Å²) < 4.78 is 16.3. The highest BCUT2D eigenvalue weighted by molar-refractivity contribution is 6.01. The van der Waals surface area contributed by atoms with E-state index in [0.717, 1.165) is 16.9 Å². The number of esters is 1. The van der Waals surface area contributed by atoms with Crippen LogP contribution >= 0.6 is 0 Å². The second-order valence-electron chi connectivity index (χ2n) is 6.33. The molecule has 0 amide bonds. The van der Waals surface area contributed by atoms with Crippen LogP contribution in [0.3, 0.4) is 0 Å². The predicted octanol–water partition coefficient (Wildman–Crippen LogP) is 5.50. The number of methoxy groups -OCH3 is 1.